The lowest BCUT2D eigenvalue weighted by Crippen LogP contribution is -2.33. The maximum Gasteiger partial charge on any atom is 0.0184 e. The van der Waals surface area contributed by atoms with Gasteiger partial charge in [-0.05, 0) is 79.7 Å². The minimum atomic E-state index is -0.374. The Morgan fingerprint density at radius 2 is 1.17 bits per heavy atom. The number of fused-ring (bicyclic) bond motifs is 1. The molecule has 0 bridgehead atoms. The molecule has 0 N–H and O–H groups in total. The van der Waals surface area contributed by atoms with Gasteiger partial charge in [-0.3, -0.25) is 0 Å². The van der Waals surface area contributed by atoms with E-state index in [-0.39, 0.29) is 29.0 Å². The zero-order valence-electron chi connectivity index (χ0n) is 25.4. The molecule has 2 aromatic rings. The van der Waals surface area contributed by atoms with Crippen molar-refractivity contribution in [1.82, 2.24) is 0 Å². The molecule has 0 amide bonds. The summed E-state index contributed by atoms with van der Waals surface area (Å²) in [6.07, 6.45) is 0. The number of hydrogen-bond acceptors (Lipinski definition) is 0. The maximum absolute atomic E-state index is 2.58. The molecule has 2 heteroatoms. The Balaban J connectivity index is 2.40. The van der Waals surface area contributed by atoms with Gasteiger partial charge in [0.25, 0.3) is 0 Å². The molecule has 0 saturated heterocycles. The van der Waals surface area contributed by atoms with Crippen LogP contribution in [0.4, 0.5) is 0 Å². The SMILES string of the molecule is CC(C)c1cc(C(C)C)c2c(c1)C(C)(C)P(c1c(C(C)(C)C)cc(C(C)(C)C)cc1C(C)(C)C)P2. The summed E-state index contributed by atoms with van der Waals surface area (Å²) in [5.74, 6) is 1.12. The van der Waals surface area contributed by atoms with Crippen LogP contribution >= 0.6 is 15.9 Å². The average Bonchev–Trinajstić information content (AvgIpc) is 2.94. The Morgan fingerprint density at radius 1 is 0.686 bits per heavy atom. The summed E-state index contributed by atoms with van der Waals surface area (Å²) >= 11 is 0. The molecule has 1 aliphatic rings. The van der Waals surface area contributed by atoms with Gasteiger partial charge in [0.15, 0.2) is 0 Å². The first-order chi connectivity index (χ1) is 15.7. The molecule has 1 heterocycles. The number of hydrogen-bond donors (Lipinski definition) is 0. The summed E-state index contributed by atoms with van der Waals surface area (Å²) in [5, 5.41) is 3.55. The highest BCUT2D eigenvalue weighted by atomic mass is 32.0. The van der Waals surface area contributed by atoms with Crippen LogP contribution in [0.5, 0.6) is 0 Å². The highest BCUT2D eigenvalue weighted by molar-refractivity contribution is 8.29. The molecule has 0 nitrogen and oxygen atoms in total. The van der Waals surface area contributed by atoms with Crippen LogP contribution in [-0.4, -0.2) is 0 Å². The van der Waals surface area contributed by atoms with Gasteiger partial charge < -0.3 is 0 Å². The van der Waals surface area contributed by atoms with Crippen LogP contribution in [0.2, 0.25) is 0 Å². The van der Waals surface area contributed by atoms with Crippen molar-refractivity contribution in [3.05, 3.63) is 57.6 Å². The van der Waals surface area contributed by atoms with Crippen molar-refractivity contribution in [1.29, 1.82) is 0 Å². The third-order valence-electron chi connectivity index (χ3n) is 7.74. The highest BCUT2D eigenvalue weighted by Crippen LogP contribution is 2.74. The molecular weight excluding hydrogens is 458 g/mol. The van der Waals surface area contributed by atoms with E-state index in [9.17, 15) is 0 Å². The van der Waals surface area contributed by atoms with Crippen LogP contribution in [-0.2, 0) is 21.4 Å². The fourth-order valence-corrected chi connectivity index (χ4v) is 12.9. The van der Waals surface area contributed by atoms with Crippen molar-refractivity contribution in [2.24, 2.45) is 0 Å². The van der Waals surface area contributed by atoms with E-state index in [2.05, 4.69) is 128 Å². The van der Waals surface area contributed by atoms with Gasteiger partial charge in [-0.1, -0.05) is 136 Å². The van der Waals surface area contributed by atoms with E-state index in [1.54, 1.807) is 32.9 Å². The van der Waals surface area contributed by atoms with Crippen LogP contribution in [0.25, 0.3) is 0 Å². The van der Waals surface area contributed by atoms with Crippen LogP contribution < -0.4 is 10.6 Å². The fraction of sp³-hybridized carbons (Fsp3) is 0.636. The molecule has 0 aliphatic carbocycles. The minimum absolute atomic E-state index is 0.109. The van der Waals surface area contributed by atoms with Crippen molar-refractivity contribution >= 4 is 26.5 Å². The average molecular weight is 511 g/mol. The first-order valence-electron chi connectivity index (χ1n) is 13.6. The van der Waals surface area contributed by atoms with Crippen molar-refractivity contribution < 1.29 is 0 Å². The Labute approximate surface area is 220 Å². The van der Waals surface area contributed by atoms with E-state index >= 15 is 0 Å². The van der Waals surface area contributed by atoms with Gasteiger partial charge in [0.1, 0.15) is 0 Å². The van der Waals surface area contributed by atoms with Crippen LogP contribution in [0.15, 0.2) is 24.3 Å². The zero-order valence-corrected chi connectivity index (χ0v) is 27.3. The van der Waals surface area contributed by atoms with Crippen molar-refractivity contribution in [3.63, 3.8) is 0 Å². The van der Waals surface area contributed by atoms with Gasteiger partial charge in [0.05, 0.1) is 0 Å². The molecule has 0 spiro atoms. The Morgan fingerprint density at radius 3 is 1.54 bits per heavy atom. The molecule has 0 fully saturated rings. The van der Waals surface area contributed by atoms with Crippen molar-refractivity contribution in [2.45, 2.75) is 137 Å². The smallest absolute Gasteiger partial charge is 0.0184 e. The summed E-state index contributed by atoms with van der Waals surface area (Å²) in [6, 6.07) is 10.3. The molecule has 3 rings (SSSR count). The normalized spacial score (nSPS) is 19.2. The molecule has 194 valence electrons. The molecule has 2 atom stereocenters. The van der Waals surface area contributed by atoms with Crippen LogP contribution in [0.3, 0.4) is 0 Å². The Hall–Kier alpha value is -0.700. The molecule has 0 radical (unpaired) electrons. The first kappa shape index (κ1) is 28.9. The van der Waals surface area contributed by atoms with E-state index in [1.165, 1.54) is 11.1 Å². The second kappa shape index (κ2) is 9.25. The van der Waals surface area contributed by atoms with E-state index in [4.69, 9.17) is 0 Å². The third kappa shape index (κ3) is 5.46. The topological polar surface area (TPSA) is 0 Å². The standard InChI is InChI=1S/C33H52P2/c1-20(2)22-16-24(21(3)4)28-25(17-22)33(14,15)35(34-28)29-26(31(8,9)10)18-23(30(5,6)7)19-27(29)32(11,12)13/h16-21,34H,1-15H3. The predicted molar refractivity (Wildman–Crippen MR) is 165 cm³/mol. The number of benzene rings is 2. The molecular formula is C33H52P2. The minimum Gasteiger partial charge on any atom is -0.0587 e. The highest BCUT2D eigenvalue weighted by Gasteiger charge is 2.45. The zero-order chi connectivity index (χ0) is 26.9. The van der Waals surface area contributed by atoms with Gasteiger partial charge in [0, 0.05) is 5.16 Å². The van der Waals surface area contributed by atoms with E-state index in [1.807, 2.05) is 0 Å². The largest absolute Gasteiger partial charge is 0.0587 e. The summed E-state index contributed by atoms with van der Waals surface area (Å²) in [5.41, 5.74) is 9.76. The quantitative estimate of drug-likeness (QED) is 0.360. The number of rotatable bonds is 3. The predicted octanol–water partition coefficient (Wildman–Crippen LogP) is 10.1. The lowest BCUT2D eigenvalue weighted by Gasteiger charge is -2.39. The molecule has 35 heavy (non-hydrogen) atoms. The van der Waals surface area contributed by atoms with Crippen LogP contribution in [0, 0.1) is 0 Å². The third-order valence-corrected chi connectivity index (χ3v) is 14.7. The molecule has 1 aliphatic heterocycles. The molecule has 0 aromatic heterocycles. The van der Waals surface area contributed by atoms with Gasteiger partial charge >= 0.3 is 0 Å². The Bertz CT molecular complexity index is 1060. The van der Waals surface area contributed by atoms with E-state index < -0.39 is 0 Å². The fourth-order valence-electron chi connectivity index (χ4n) is 5.24. The molecule has 2 unspecified atom stereocenters. The van der Waals surface area contributed by atoms with Gasteiger partial charge in [-0.25, -0.2) is 0 Å². The second-order valence-corrected chi connectivity index (χ2v) is 20.0. The lowest BCUT2D eigenvalue weighted by atomic mass is 9.75. The van der Waals surface area contributed by atoms with Crippen LogP contribution in [0.1, 0.15) is 149 Å². The van der Waals surface area contributed by atoms with Gasteiger partial charge in [0.2, 0.25) is 0 Å². The lowest BCUT2D eigenvalue weighted by molar-refractivity contribution is 0.553. The first-order valence-corrected chi connectivity index (χ1v) is 16.8. The van der Waals surface area contributed by atoms with Gasteiger partial charge in [-0.2, -0.15) is 0 Å². The maximum atomic E-state index is 2.58. The van der Waals surface area contributed by atoms with Crippen molar-refractivity contribution in [2.75, 3.05) is 0 Å². The molecule has 0 saturated carbocycles. The Kier molecular flexibility index (Phi) is 7.62. The summed E-state index contributed by atoms with van der Waals surface area (Å²) in [7, 11) is 0.507. The van der Waals surface area contributed by atoms with Crippen molar-refractivity contribution in [3.8, 4) is 0 Å². The summed E-state index contributed by atoms with van der Waals surface area (Å²) in [4.78, 5) is 0. The molecule has 2 aromatic carbocycles. The van der Waals surface area contributed by atoms with E-state index in [0.717, 1.165) is 8.27 Å². The van der Waals surface area contributed by atoms with Gasteiger partial charge in [-0.15, -0.1) is 0 Å². The summed E-state index contributed by atoms with van der Waals surface area (Å²) < 4.78 is 0. The second-order valence-electron chi connectivity index (χ2n) is 15.0. The monoisotopic (exact) mass is 510 g/mol. The van der Waals surface area contributed by atoms with E-state index in [0.29, 0.717) is 11.8 Å². The summed E-state index contributed by atoms with van der Waals surface area (Å²) in [6.45, 7) is 36.2.